The summed E-state index contributed by atoms with van der Waals surface area (Å²) in [6.45, 7) is -0.376. The van der Waals surface area contributed by atoms with Crippen molar-refractivity contribution in [2.24, 2.45) is 0 Å². The average molecular weight is 378 g/mol. The second kappa shape index (κ2) is 7.89. The Balaban J connectivity index is 1.60. The normalized spacial score (nSPS) is 16.0. The summed E-state index contributed by atoms with van der Waals surface area (Å²) in [7, 11) is 0. The number of amides is 1. The first-order valence-corrected chi connectivity index (χ1v) is 8.80. The SMILES string of the molecule is O=C(COC(=O)c1c(Cl)cccc1Cl)N[C@H]1CCCc2ccccc21. The average Bonchev–Trinajstić information content (AvgIpc) is 2.60. The van der Waals surface area contributed by atoms with E-state index < -0.39 is 5.97 Å². The number of benzene rings is 2. The van der Waals surface area contributed by atoms with E-state index in [1.54, 1.807) is 18.2 Å². The lowest BCUT2D eigenvalue weighted by Crippen LogP contribution is -2.34. The molecule has 2 aromatic rings. The molecule has 1 aliphatic rings. The molecule has 0 aromatic heterocycles. The minimum atomic E-state index is -0.713. The van der Waals surface area contributed by atoms with Gasteiger partial charge in [0.25, 0.3) is 5.91 Å². The van der Waals surface area contributed by atoms with Crippen molar-refractivity contribution in [3.63, 3.8) is 0 Å². The lowest BCUT2D eigenvalue weighted by atomic mass is 9.88. The van der Waals surface area contributed by atoms with Crippen LogP contribution < -0.4 is 5.32 Å². The van der Waals surface area contributed by atoms with E-state index in [2.05, 4.69) is 11.4 Å². The number of ether oxygens (including phenoxy) is 1. The zero-order valence-corrected chi connectivity index (χ0v) is 14.9. The highest BCUT2D eigenvalue weighted by atomic mass is 35.5. The summed E-state index contributed by atoms with van der Waals surface area (Å²) >= 11 is 11.9. The fourth-order valence-corrected chi connectivity index (χ4v) is 3.59. The summed E-state index contributed by atoms with van der Waals surface area (Å²) in [5.74, 6) is -1.06. The number of hydrogen-bond donors (Lipinski definition) is 1. The standard InChI is InChI=1S/C19H17Cl2NO3/c20-14-8-4-9-15(21)18(14)19(24)25-11-17(23)22-16-10-3-6-12-5-1-2-7-13(12)16/h1-2,4-5,7-9,16H,3,6,10-11H2,(H,22,23)/t16-/m0/s1. The molecule has 0 saturated carbocycles. The van der Waals surface area contributed by atoms with Crippen LogP contribution in [0.2, 0.25) is 10.0 Å². The number of carbonyl (C=O) groups is 2. The largest absolute Gasteiger partial charge is 0.452 e. The zero-order valence-electron chi connectivity index (χ0n) is 13.4. The van der Waals surface area contributed by atoms with Crippen molar-refractivity contribution in [2.45, 2.75) is 25.3 Å². The van der Waals surface area contributed by atoms with Crippen molar-refractivity contribution in [1.29, 1.82) is 0 Å². The number of esters is 1. The molecule has 3 rings (SSSR count). The van der Waals surface area contributed by atoms with Crippen molar-refractivity contribution >= 4 is 35.1 Å². The van der Waals surface area contributed by atoms with Crippen molar-refractivity contribution in [2.75, 3.05) is 6.61 Å². The van der Waals surface area contributed by atoms with Gasteiger partial charge in [-0.25, -0.2) is 4.79 Å². The summed E-state index contributed by atoms with van der Waals surface area (Å²) in [4.78, 5) is 24.3. The first-order valence-electron chi connectivity index (χ1n) is 8.04. The predicted molar refractivity (Wildman–Crippen MR) is 97.0 cm³/mol. The molecule has 0 spiro atoms. The van der Waals surface area contributed by atoms with Crippen LogP contribution in [-0.4, -0.2) is 18.5 Å². The maximum atomic E-state index is 12.2. The Kier molecular flexibility index (Phi) is 5.61. The zero-order chi connectivity index (χ0) is 17.8. The van der Waals surface area contributed by atoms with Gasteiger partial charge in [0.15, 0.2) is 6.61 Å². The summed E-state index contributed by atoms with van der Waals surface area (Å²) in [5, 5.41) is 3.32. The second-order valence-corrected chi connectivity index (χ2v) is 6.70. The number of rotatable bonds is 4. The highest BCUT2D eigenvalue weighted by molar-refractivity contribution is 6.39. The molecular formula is C19H17Cl2NO3. The van der Waals surface area contributed by atoms with Gasteiger partial charge in [0.2, 0.25) is 0 Å². The quantitative estimate of drug-likeness (QED) is 0.806. The molecule has 0 saturated heterocycles. The van der Waals surface area contributed by atoms with Crippen molar-refractivity contribution < 1.29 is 14.3 Å². The molecule has 130 valence electrons. The summed E-state index contributed by atoms with van der Waals surface area (Å²) < 4.78 is 5.06. The number of aryl methyl sites for hydroxylation is 1. The predicted octanol–water partition coefficient (Wildman–Crippen LogP) is 4.34. The molecular weight excluding hydrogens is 361 g/mol. The van der Waals surface area contributed by atoms with E-state index in [0.29, 0.717) is 0 Å². The lowest BCUT2D eigenvalue weighted by Gasteiger charge is -2.26. The van der Waals surface area contributed by atoms with E-state index in [1.807, 2.05) is 18.2 Å². The Morgan fingerprint density at radius 2 is 1.80 bits per heavy atom. The van der Waals surface area contributed by atoms with Gasteiger partial charge in [0, 0.05) is 0 Å². The number of halogens is 2. The van der Waals surface area contributed by atoms with Crippen LogP contribution >= 0.6 is 23.2 Å². The van der Waals surface area contributed by atoms with Crippen LogP contribution in [0.1, 0.15) is 40.4 Å². The van der Waals surface area contributed by atoms with Crippen LogP contribution in [-0.2, 0) is 16.0 Å². The fraction of sp³-hybridized carbons (Fsp3) is 0.263. The van der Waals surface area contributed by atoms with Gasteiger partial charge < -0.3 is 10.1 Å². The maximum absolute atomic E-state index is 12.2. The third-order valence-corrected chi connectivity index (χ3v) is 4.84. The highest BCUT2D eigenvalue weighted by Crippen LogP contribution is 2.29. The minimum absolute atomic E-state index is 0.0555. The van der Waals surface area contributed by atoms with Crippen molar-refractivity contribution in [1.82, 2.24) is 5.32 Å². The van der Waals surface area contributed by atoms with E-state index >= 15 is 0 Å². The minimum Gasteiger partial charge on any atom is -0.452 e. The van der Waals surface area contributed by atoms with Gasteiger partial charge in [-0.3, -0.25) is 4.79 Å². The summed E-state index contributed by atoms with van der Waals surface area (Å²) in [6, 6.07) is 12.7. The topological polar surface area (TPSA) is 55.4 Å². The van der Waals surface area contributed by atoms with Crippen LogP contribution in [0.4, 0.5) is 0 Å². The molecule has 25 heavy (non-hydrogen) atoms. The number of hydrogen-bond acceptors (Lipinski definition) is 3. The first kappa shape index (κ1) is 17.8. The summed E-state index contributed by atoms with van der Waals surface area (Å²) in [6.07, 6.45) is 2.90. The molecule has 1 atom stereocenters. The Bertz CT molecular complexity index is 787. The third-order valence-electron chi connectivity index (χ3n) is 4.21. The molecule has 0 radical (unpaired) electrons. The van der Waals surface area contributed by atoms with Gasteiger partial charge >= 0.3 is 5.97 Å². The van der Waals surface area contributed by atoms with Crippen LogP contribution in [0.25, 0.3) is 0 Å². The van der Waals surface area contributed by atoms with Crippen molar-refractivity contribution in [3.8, 4) is 0 Å². The van der Waals surface area contributed by atoms with Crippen LogP contribution in [0.15, 0.2) is 42.5 Å². The smallest absolute Gasteiger partial charge is 0.341 e. The van der Waals surface area contributed by atoms with Gasteiger partial charge in [0.1, 0.15) is 0 Å². The van der Waals surface area contributed by atoms with E-state index in [-0.39, 0.29) is 34.2 Å². The Labute approximate surface area is 156 Å². The molecule has 4 nitrogen and oxygen atoms in total. The van der Waals surface area contributed by atoms with E-state index in [1.165, 1.54) is 5.56 Å². The molecule has 1 N–H and O–H groups in total. The van der Waals surface area contributed by atoms with Gasteiger partial charge in [-0.2, -0.15) is 0 Å². The molecule has 2 aromatic carbocycles. The van der Waals surface area contributed by atoms with Crippen molar-refractivity contribution in [3.05, 3.63) is 69.2 Å². The van der Waals surface area contributed by atoms with Gasteiger partial charge in [-0.15, -0.1) is 0 Å². The van der Waals surface area contributed by atoms with Crippen LogP contribution in [0.5, 0.6) is 0 Å². The molecule has 1 amide bonds. The van der Waals surface area contributed by atoms with Gasteiger partial charge in [-0.05, 0) is 42.5 Å². The Morgan fingerprint density at radius 3 is 2.56 bits per heavy atom. The second-order valence-electron chi connectivity index (χ2n) is 5.88. The molecule has 1 aliphatic carbocycles. The van der Waals surface area contributed by atoms with E-state index in [9.17, 15) is 9.59 Å². The van der Waals surface area contributed by atoms with E-state index in [0.717, 1.165) is 24.8 Å². The number of fused-ring (bicyclic) bond motifs is 1. The lowest BCUT2D eigenvalue weighted by molar-refractivity contribution is -0.125. The number of carbonyl (C=O) groups excluding carboxylic acids is 2. The van der Waals surface area contributed by atoms with Gasteiger partial charge in [0.05, 0.1) is 21.7 Å². The van der Waals surface area contributed by atoms with E-state index in [4.69, 9.17) is 27.9 Å². The molecule has 6 heteroatoms. The molecule has 0 unspecified atom stereocenters. The molecule has 0 heterocycles. The molecule has 0 fully saturated rings. The Hall–Kier alpha value is -2.04. The first-order chi connectivity index (χ1) is 12.1. The highest BCUT2D eigenvalue weighted by Gasteiger charge is 2.22. The molecule has 0 bridgehead atoms. The number of nitrogens with one attached hydrogen (secondary N) is 1. The Morgan fingerprint density at radius 1 is 1.08 bits per heavy atom. The monoisotopic (exact) mass is 377 g/mol. The maximum Gasteiger partial charge on any atom is 0.341 e. The summed E-state index contributed by atoms with van der Waals surface area (Å²) in [5.41, 5.74) is 2.45. The van der Waals surface area contributed by atoms with Crippen LogP contribution in [0, 0.1) is 0 Å². The molecule has 0 aliphatic heterocycles. The third kappa shape index (κ3) is 4.14. The fourth-order valence-electron chi connectivity index (χ4n) is 3.04. The van der Waals surface area contributed by atoms with Gasteiger partial charge in [-0.1, -0.05) is 53.5 Å². The van der Waals surface area contributed by atoms with Crippen LogP contribution in [0.3, 0.4) is 0 Å².